The molecule has 24 heavy (non-hydrogen) atoms. The summed E-state index contributed by atoms with van der Waals surface area (Å²) >= 11 is 5.70. The third-order valence-corrected chi connectivity index (χ3v) is 5.31. The van der Waals surface area contributed by atoms with Gasteiger partial charge in [0.2, 0.25) is 0 Å². The molecule has 0 aliphatic carbocycles. The highest BCUT2D eigenvalue weighted by atomic mass is 35.5. The minimum atomic E-state index is -3.15. The highest BCUT2D eigenvalue weighted by Gasteiger charge is 2.29. The number of amides is 1. The molecule has 0 bridgehead atoms. The summed E-state index contributed by atoms with van der Waals surface area (Å²) in [6, 6.07) is 2.86. The number of nitro benzene ring substituents is 1. The SMILES string of the molecule is O=C(COC(=O)c1cc(Cl)ccc1[N+](=O)[O-])N[C@H]1CCS(=O)(=O)C1. The number of hydrogen-bond acceptors (Lipinski definition) is 7. The second kappa shape index (κ2) is 7.14. The van der Waals surface area contributed by atoms with Gasteiger partial charge >= 0.3 is 5.97 Å². The average Bonchev–Trinajstić information content (AvgIpc) is 2.83. The number of nitrogens with one attached hydrogen (secondary N) is 1. The molecule has 1 amide bonds. The monoisotopic (exact) mass is 376 g/mol. The normalized spacial score (nSPS) is 18.8. The fourth-order valence-electron chi connectivity index (χ4n) is 2.22. The van der Waals surface area contributed by atoms with E-state index in [9.17, 15) is 28.1 Å². The number of nitrogens with zero attached hydrogens (tertiary/aromatic N) is 1. The predicted octanol–water partition coefficient (Wildman–Crippen LogP) is 0.708. The van der Waals surface area contributed by atoms with Gasteiger partial charge < -0.3 is 10.1 Å². The van der Waals surface area contributed by atoms with E-state index in [-0.39, 0.29) is 22.1 Å². The minimum absolute atomic E-state index is 0.00750. The van der Waals surface area contributed by atoms with Crippen LogP contribution in [0.25, 0.3) is 0 Å². The van der Waals surface area contributed by atoms with Crippen LogP contribution in [0, 0.1) is 10.1 Å². The van der Waals surface area contributed by atoms with E-state index < -0.39 is 45.0 Å². The summed E-state index contributed by atoms with van der Waals surface area (Å²) in [7, 11) is -3.15. The standard InChI is InChI=1S/C13H13ClN2O7S/c14-8-1-2-11(16(19)20)10(5-8)13(18)23-6-12(17)15-9-3-4-24(21,22)7-9/h1-2,5,9H,3-4,6-7H2,(H,15,17)/t9-/m0/s1. The number of halogens is 1. The molecule has 0 spiro atoms. The molecule has 130 valence electrons. The van der Waals surface area contributed by atoms with Crippen LogP contribution >= 0.6 is 11.6 Å². The van der Waals surface area contributed by atoms with Crippen molar-refractivity contribution < 1.29 is 27.7 Å². The van der Waals surface area contributed by atoms with Crippen LogP contribution in [-0.4, -0.2) is 49.4 Å². The number of rotatable bonds is 5. The van der Waals surface area contributed by atoms with Crippen LogP contribution < -0.4 is 5.32 Å². The molecule has 0 radical (unpaired) electrons. The van der Waals surface area contributed by atoms with E-state index in [1.807, 2.05) is 0 Å². The largest absolute Gasteiger partial charge is 0.452 e. The summed E-state index contributed by atoms with van der Waals surface area (Å²) in [5.41, 5.74) is -0.865. The third kappa shape index (κ3) is 4.65. The number of carbonyl (C=O) groups excluding carboxylic acids is 2. The van der Waals surface area contributed by atoms with Crippen LogP contribution in [0.5, 0.6) is 0 Å². The molecule has 2 rings (SSSR count). The van der Waals surface area contributed by atoms with Gasteiger partial charge in [-0.15, -0.1) is 0 Å². The van der Waals surface area contributed by atoms with Crippen LogP contribution in [0.15, 0.2) is 18.2 Å². The van der Waals surface area contributed by atoms with Gasteiger partial charge in [0.25, 0.3) is 11.6 Å². The van der Waals surface area contributed by atoms with Crippen molar-refractivity contribution in [1.29, 1.82) is 0 Å². The van der Waals surface area contributed by atoms with Crippen molar-refractivity contribution in [2.24, 2.45) is 0 Å². The van der Waals surface area contributed by atoms with Crippen LogP contribution in [-0.2, 0) is 19.4 Å². The van der Waals surface area contributed by atoms with Crippen molar-refractivity contribution in [1.82, 2.24) is 5.32 Å². The number of hydrogen-bond donors (Lipinski definition) is 1. The first-order valence-corrected chi connectivity index (χ1v) is 8.99. The summed E-state index contributed by atoms with van der Waals surface area (Å²) in [4.78, 5) is 33.7. The molecule has 9 nitrogen and oxygen atoms in total. The molecule has 1 heterocycles. The lowest BCUT2D eigenvalue weighted by Crippen LogP contribution is -2.38. The molecular weight excluding hydrogens is 364 g/mol. The second-order valence-corrected chi connectivity index (χ2v) is 7.83. The van der Waals surface area contributed by atoms with Crippen molar-refractivity contribution in [2.45, 2.75) is 12.5 Å². The van der Waals surface area contributed by atoms with E-state index in [0.29, 0.717) is 6.42 Å². The second-order valence-electron chi connectivity index (χ2n) is 5.16. The lowest BCUT2D eigenvalue weighted by atomic mass is 10.2. The Bertz CT molecular complexity index is 794. The molecule has 0 unspecified atom stereocenters. The Hall–Kier alpha value is -2.20. The molecule has 0 saturated carbocycles. The molecule has 1 aromatic carbocycles. The van der Waals surface area contributed by atoms with Crippen LogP contribution in [0.1, 0.15) is 16.8 Å². The predicted molar refractivity (Wildman–Crippen MR) is 83.6 cm³/mol. The van der Waals surface area contributed by atoms with E-state index in [2.05, 4.69) is 5.32 Å². The van der Waals surface area contributed by atoms with Gasteiger partial charge in [-0.05, 0) is 18.6 Å². The summed E-state index contributed by atoms with van der Waals surface area (Å²) in [5.74, 6) is -1.92. The van der Waals surface area contributed by atoms with Gasteiger partial charge in [-0.25, -0.2) is 13.2 Å². The smallest absolute Gasteiger partial charge is 0.345 e. The van der Waals surface area contributed by atoms with Crippen molar-refractivity contribution in [3.63, 3.8) is 0 Å². The molecular formula is C13H13ClN2O7S. The van der Waals surface area contributed by atoms with Crippen LogP contribution in [0.2, 0.25) is 5.02 Å². The van der Waals surface area contributed by atoms with Crippen molar-refractivity contribution in [3.05, 3.63) is 38.9 Å². The highest BCUT2D eigenvalue weighted by Crippen LogP contribution is 2.23. The van der Waals surface area contributed by atoms with E-state index in [0.717, 1.165) is 12.1 Å². The zero-order valence-corrected chi connectivity index (χ0v) is 13.8. The van der Waals surface area contributed by atoms with Gasteiger partial charge in [0.15, 0.2) is 16.4 Å². The number of esters is 1. The van der Waals surface area contributed by atoms with Gasteiger partial charge in [-0.1, -0.05) is 11.6 Å². The van der Waals surface area contributed by atoms with Crippen LogP contribution in [0.3, 0.4) is 0 Å². The molecule has 1 fully saturated rings. The Morgan fingerprint density at radius 2 is 2.12 bits per heavy atom. The zero-order chi connectivity index (χ0) is 17.9. The average molecular weight is 377 g/mol. The quantitative estimate of drug-likeness (QED) is 0.454. The van der Waals surface area contributed by atoms with E-state index in [1.54, 1.807) is 0 Å². The number of carbonyl (C=O) groups is 2. The lowest BCUT2D eigenvalue weighted by molar-refractivity contribution is -0.385. The lowest BCUT2D eigenvalue weighted by Gasteiger charge is -2.11. The van der Waals surface area contributed by atoms with Crippen molar-refractivity contribution in [2.75, 3.05) is 18.1 Å². The summed E-state index contributed by atoms with van der Waals surface area (Å²) in [6.45, 7) is -0.681. The Balaban J connectivity index is 1.95. The maximum Gasteiger partial charge on any atom is 0.345 e. The van der Waals surface area contributed by atoms with Gasteiger partial charge in [0, 0.05) is 17.1 Å². The summed E-state index contributed by atoms with van der Waals surface area (Å²) in [6.07, 6.45) is 0.293. The number of nitro groups is 1. The van der Waals surface area contributed by atoms with E-state index in [4.69, 9.17) is 16.3 Å². The molecule has 1 N–H and O–H groups in total. The molecule has 1 aromatic rings. The number of sulfone groups is 1. The minimum Gasteiger partial charge on any atom is -0.452 e. The molecule has 0 aromatic heterocycles. The molecule has 1 atom stereocenters. The van der Waals surface area contributed by atoms with Crippen molar-refractivity contribution >= 4 is 39.0 Å². The molecule has 11 heteroatoms. The Kier molecular flexibility index (Phi) is 5.40. The molecule has 1 aliphatic rings. The topological polar surface area (TPSA) is 133 Å². The van der Waals surface area contributed by atoms with Gasteiger partial charge in [-0.3, -0.25) is 14.9 Å². The maximum atomic E-state index is 11.9. The summed E-state index contributed by atoms with van der Waals surface area (Å²) < 4.78 is 27.3. The van der Waals surface area contributed by atoms with E-state index in [1.165, 1.54) is 6.07 Å². The first kappa shape index (κ1) is 18.1. The van der Waals surface area contributed by atoms with Gasteiger partial charge in [0.05, 0.1) is 16.4 Å². The first-order chi connectivity index (χ1) is 11.2. The summed E-state index contributed by atoms with van der Waals surface area (Å²) in [5, 5.41) is 13.4. The highest BCUT2D eigenvalue weighted by molar-refractivity contribution is 7.91. The fraction of sp³-hybridized carbons (Fsp3) is 0.385. The van der Waals surface area contributed by atoms with Crippen LogP contribution in [0.4, 0.5) is 5.69 Å². The van der Waals surface area contributed by atoms with Gasteiger partial charge in [-0.2, -0.15) is 0 Å². The molecule has 1 aliphatic heterocycles. The number of ether oxygens (including phenoxy) is 1. The fourth-order valence-corrected chi connectivity index (χ4v) is 4.06. The zero-order valence-electron chi connectivity index (χ0n) is 12.2. The van der Waals surface area contributed by atoms with Crippen molar-refractivity contribution in [3.8, 4) is 0 Å². The maximum absolute atomic E-state index is 11.9. The molecule has 1 saturated heterocycles. The van der Waals surface area contributed by atoms with Gasteiger partial charge in [0.1, 0.15) is 5.56 Å². The van der Waals surface area contributed by atoms with E-state index >= 15 is 0 Å². The first-order valence-electron chi connectivity index (χ1n) is 6.79. The number of benzene rings is 1. The Labute approximate surface area is 142 Å². The third-order valence-electron chi connectivity index (χ3n) is 3.31. The Morgan fingerprint density at radius 3 is 2.71 bits per heavy atom. The Morgan fingerprint density at radius 1 is 1.42 bits per heavy atom.